The van der Waals surface area contributed by atoms with Gasteiger partial charge in [0.05, 0.1) is 29.9 Å². The molecule has 9 heteroatoms. The Hall–Kier alpha value is -3.20. The molecule has 1 aliphatic rings. The van der Waals surface area contributed by atoms with Crippen molar-refractivity contribution in [2.45, 2.75) is 33.7 Å². The summed E-state index contributed by atoms with van der Waals surface area (Å²) in [6.45, 7) is 7.31. The summed E-state index contributed by atoms with van der Waals surface area (Å²) in [7, 11) is 1.31. The molecule has 0 saturated carbocycles. The summed E-state index contributed by atoms with van der Waals surface area (Å²) < 4.78 is 11.8. The molecule has 2 aromatic rings. The average Bonchev–Trinajstić information content (AvgIpc) is 3.07. The second-order valence-corrected chi connectivity index (χ2v) is 9.66. The van der Waals surface area contributed by atoms with Gasteiger partial charge in [-0.15, -0.1) is 11.3 Å². The lowest BCUT2D eigenvalue weighted by Gasteiger charge is -2.35. The van der Waals surface area contributed by atoms with Crippen LogP contribution in [0.1, 0.15) is 43.1 Å². The fraction of sp³-hybridized carbons (Fsp3) is 0.440. The van der Waals surface area contributed by atoms with E-state index in [2.05, 4.69) is 13.8 Å². The van der Waals surface area contributed by atoms with E-state index in [1.165, 1.54) is 17.8 Å². The van der Waals surface area contributed by atoms with Gasteiger partial charge < -0.3 is 14.4 Å². The van der Waals surface area contributed by atoms with Crippen molar-refractivity contribution >= 4 is 41.3 Å². The predicted molar refractivity (Wildman–Crippen MR) is 130 cm³/mol. The number of nitrogens with zero attached hydrogens (tertiary/aromatic N) is 2. The molecule has 1 saturated heterocycles. The summed E-state index contributed by atoms with van der Waals surface area (Å²) in [6, 6.07) is 6.62. The van der Waals surface area contributed by atoms with Crippen LogP contribution in [0.3, 0.4) is 0 Å². The molecule has 2 heterocycles. The highest BCUT2D eigenvalue weighted by molar-refractivity contribution is 7.07. The first-order valence-corrected chi connectivity index (χ1v) is 12.1. The number of carbonyl (C=O) groups is 3. The van der Waals surface area contributed by atoms with E-state index in [-0.39, 0.29) is 24.6 Å². The van der Waals surface area contributed by atoms with Crippen LogP contribution in [-0.2, 0) is 25.6 Å². The Labute approximate surface area is 202 Å². The fourth-order valence-corrected chi connectivity index (χ4v) is 5.19. The first-order chi connectivity index (χ1) is 16.2. The third-order valence-electron chi connectivity index (χ3n) is 5.61. The Balaban J connectivity index is 1.99. The van der Waals surface area contributed by atoms with Crippen molar-refractivity contribution in [3.05, 3.63) is 54.9 Å². The van der Waals surface area contributed by atoms with Gasteiger partial charge in [-0.3, -0.25) is 14.2 Å². The standard InChI is InChI=1S/C25H30N2O6S/c1-5-33-23(29)12-22-27(15-21(28)26-13-16(2)10-17(3)14-26)24(30)20(34-22)11-18-6-8-19(9-7-18)25(31)32-4/h6-9,11-12,16-17H,5,10,13-15H2,1-4H3. The maximum absolute atomic E-state index is 13.2. The van der Waals surface area contributed by atoms with E-state index in [0.717, 1.165) is 17.8 Å². The molecule has 3 rings (SSSR count). The minimum Gasteiger partial charge on any atom is -0.465 e. The van der Waals surface area contributed by atoms with Gasteiger partial charge in [0.2, 0.25) is 5.91 Å². The summed E-state index contributed by atoms with van der Waals surface area (Å²) >= 11 is 1.12. The first-order valence-electron chi connectivity index (χ1n) is 11.3. The number of methoxy groups -OCH3 is 1. The van der Waals surface area contributed by atoms with Crippen molar-refractivity contribution in [3.63, 3.8) is 0 Å². The molecule has 1 aliphatic heterocycles. The quantitative estimate of drug-likeness (QED) is 0.573. The predicted octanol–water partition coefficient (Wildman–Crippen LogP) is 1.37. The number of rotatable bonds is 6. The Morgan fingerprint density at radius 1 is 1.12 bits per heavy atom. The number of hydrogen-bond donors (Lipinski definition) is 0. The van der Waals surface area contributed by atoms with Crippen molar-refractivity contribution in [3.8, 4) is 0 Å². The van der Waals surface area contributed by atoms with Crippen molar-refractivity contribution in [1.29, 1.82) is 0 Å². The Morgan fingerprint density at radius 2 is 1.76 bits per heavy atom. The molecule has 0 radical (unpaired) electrons. The van der Waals surface area contributed by atoms with Crippen LogP contribution in [0.4, 0.5) is 0 Å². The molecule has 0 N–H and O–H groups in total. The molecule has 0 bridgehead atoms. The van der Waals surface area contributed by atoms with E-state index in [1.54, 1.807) is 42.2 Å². The van der Waals surface area contributed by atoms with Gasteiger partial charge in [0.25, 0.3) is 5.56 Å². The van der Waals surface area contributed by atoms with Gasteiger partial charge in [0, 0.05) is 13.1 Å². The number of hydrogen-bond acceptors (Lipinski definition) is 7. The highest BCUT2D eigenvalue weighted by atomic mass is 32.1. The van der Waals surface area contributed by atoms with Gasteiger partial charge in [-0.1, -0.05) is 26.0 Å². The Kier molecular flexibility index (Phi) is 8.44. The maximum atomic E-state index is 13.2. The van der Waals surface area contributed by atoms with Crippen molar-refractivity contribution < 1.29 is 23.9 Å². The van der Waals surface area contributed by atoms with Gasteiger partial charge in [-0.2, -0.15) is 0 Å². The van der Waals surface area contributed by atoms with Crippen LogP contribution in [0.2, 0.25) is 0 Å². The molecule has 2 unspecified atom stereocenters. The third kappa shape index (κ3) is 6.22. The normalized spacial score (nSPS) is 19.2. The van der Waals surface area contributed by atoms with Gasteiger partial charge in [0.15, 0.2) is 0 Å². The first kappa shape index (κ1) is 25.4. The van der Waals surface area contributed by atoms with E-state index in [9.17, 15) is 19.2 Å². The Morgan fingerprint density at radius 3 is 2.35 bits per heavy atom. The molecule has 1 aromatic carbocycles. The van der Waals surface area contributed by atoms with E-state index in [0.29, 0.717) is 45.2 Å². The molecule has 182 valence electrons. The molecule has 2 atom stereocenters. The van der Waals surface area contributed by atoms with Crippen LogP contribution in [0.25, 0.3) is 12.2 Å². The van der Waals surface area contributed by atoms with E-state index >= 15 is 0 Å². The SMILES string of the molecule is CCOC(=O)C=c1sc(=Cc2ccc(C(=O)OC)cc2)c(=O)n1CC(=O)N1CC(C)CC(C)C1. The van der Waals surface area contributed by atoms with E-state index in [1.807, 2.05) is 0 Å². The second-order valence-electron chi connectivity index (χ2n) is 8.59. The van der Waals surface area contributed by atoms with Crippen LogP contribution in [0.15, 0.2) is 29.1 Å². The molecule has 1 aromatic heterocycles. The van der Waals surface area contributed by atoms with Crippen molar-refractivity contribution in [2.75, 3.05) is 26.8 Å². The molecule has 34 heavy (non-hydrogen) atoms. The van der Waals surface area contributed by atoms with Crippen molar-refractivity contribution in [1.82, 2.24) is 9.47 Å². The van der Waals surface area contributed by atoms with E-state index in [4.69, 9.17) is 9.47 Å². The lowest BCUT2D eigenvalue weighted by Crippen LogP contribution is -2.46. The lowest BCUT2D eigenvalue weighted by atomic mass is 9.92. The molecular weight excluding hydrogens is 456 g/mol. The minimum atomic E-state index is -0.570. The molecule has 1 fully saturated rings. The number of likely N-dealkylation sites (tertiary alicyclic amines) is 1. The number of piperidine rings is 1. The number of benzene rings is 1. The van der Waals surface area contributed by atoms with Crippen LogP contribution < -0.4 is 14.8 Å². The average molecular weight is 487 g/mol. The smallest absolute Gasteiger partial charge is 0.337 e. The second kappa shape index (κ2) is 11.3. The summed E-state index contributed by atoms with van der Waals surface area (Å²) in [6.07, 6.45) is 3.99. The molecular formula is C25H30N2O6S. The highest BCUT2D eigenvalue weighted by Crippen LogP contribution is 2.21. The van der Waals surface area contributed by atoms with Gasteiger partial charge >= 0.3 is 11.9 Å². The summed E-state index contributed by atoms with van der Waals surface area (Å²) in [5, 5.41) is 0. The van der Waals surface area contributed by atoms with Crippen LogP contribution >= 0.6 is 11.3 Å². The number of carbonyl (C=O) groups excluding carboxylic acids is 3. The highest BCUT2D eigenvalue weighted by Gasteiger charge is 2.26. The van der Waals surface area contributed by atoms with Gasteiger partial charge in [0.1, 0.15) is 11.2 Å². The molecule has 1 amide bonds. The summed E-state index contributed by atoms with van der Waals surface area (Å²) in [5.74, 6) is -0.371. The van der Waals surface area contributed by atoms with E-state index < -0.39 is 11.9 Å². The number of ether oxygens (including phenoxy) is 2. The monoisotopic (exact) mass is 486 g/mol. The van der Waals surface area contributed by atoms with Crippen LogP contribution in [-0.4, -0.2) is 54.1 Å². The van der Waals surface area contributed by atoms with Gasteiger partial charge in [-0.25, -0.2) is 9.59 Å². The van der Waals surface area contributed by atoms with Crippen molar-refractivity contribution in [2.24, 2.45) is 11.8 Å². The van der Waals surface area contributed by atoms with Gasteiger partial charge in [-0.05, 0) is 49.0 Å². The number of thiazole rings is 1. The molecule has 0 aliphatic carbocycles. The van der Waals surface area contributed by atoms with Crippen LogP contribution in [0.5, 0.6) is 0 Å². The Bertz CT molecular complexity index is 1220. The number of esters is 2. The number of amides is 1. The third-order valence-corrected chi connectivity index (χ3v) is 6.67. The molecule has 0 spiro atoms. The molecule has 8 nitrogen and oxygen atoms in total. The zero-order valence-corrected chi connectivity index (χ0v) is 20.7. The maximum Gasteiger partial charge on any atom is 0.337 e. The van der Waals surface area contributed by atoms with Crippen LogP contribution in [0, 0.1) is 11.8 Å². The fourth-order valence-electron chi connectivity index (χ4n) is 4.16. The lowest BCUT2D eigenvalue weighted by molar-refractivity contribution is -0.136. The zero-order valence-electron chi connectivity index (χ0n) is 19.9. The zero-order chi connectivity index (χ0) is 24.8. The topological polar surface area (TPSA) is 94.9 Å². The summed E-state index contributed by atoms with van der Waals surface area (Å²) in [5.41, 5.74) is 0.741. The minimum absolute atomic E-state index is 0.144. The largest absolute Gasteiger partial charge is 0.465 e. The number of aromatic nitrogens is 1. The summed E-state index contributed by atoms with van der Waals surface area (Å²) in [4.78, 5) is 51.8.